The van der Waals surface area contributed by atoms with Crippen molar-refractivity contribution in [2.45, 2.75) is 39.0 Å². The van der Waals surface area contributed by atoms with Crippen LogP contribution in [0.3, 0.4) is 0 Å². The van der Waals surface area contributed by atoms with Crippen molar-refractivity contribution in [2.24, 2.45) is 0 Å². The summed E-state index contributed by atoms with van der Waals surface area (Å²) in [6.07, 6.45) is 1.51. The second-order valence-electron chi connectivity index (χ2n) is 9.02. The van der Waals surface area contributed by atoms with Crippen LogP contribution in [-0.2, 0) is 11.8 Å². The Bertz CT molecular complexity index is 1180. The SMILES string of the molecule is COc1cc(OC)c(NC(=O)c2ccc(Cc3c(C)ccc4c3OCCC4(C)C)o2)c(OC)c1. The third-order valence-electron chi connectivity index (χ3n) is 6.39. The molecule has 1 amide bonds. The molecular formula is C27H31NO6. The molecule has 0 unspecified atom stereocenters. The van der Waals surface area contributed by atoms with Gasteiger partial charge in [-0.05, 0) is 36.5 Å². The van der Waals surface area contributed by atoms with Gasteiger partial charge in [-0.1, -0.05) is 26.0 Å². The van der Waals surface area contributed by atoms with Gasteiger partial charge in [0.25, 0.3) is 5.91 Å². The smallest absolute Gasteiger partial charge is 0.291 e. The molecule has 7 nitrogen and oxygen atoms in total. The van der Waals surface area contributed by atoms with Crippen molar-refractivity contribution in [1.82, 2.24) is 0 Å². The molecule has 1 N–H and O–H groups in total. The number of benzene rings is 2. The molecule has 1 aliphatic heterocycles. The molecule has 1 aromatic heterocycles. The van der Waals surface area contributed by atoms with Crippen molar-refractivity contribution in [2.75, 3.05) is 33.3 Å². The van der Waals surface area contributed by atoms with E-state index in [-0.39, 0.29) is 11.2 Å². The number of carbonyl (C=O) groups is 1. The van der Waals surface area contributed by atoms with E-state index in [0.717, 1.165) is 23.3 Å². The Labute approximate surface area is 200 Å². The zero-order valence-electron chi connectivity index (χ0n) is 20.5. The summed E-state index contributed by atoms with van der Waals surface area (Å²) in [5.74, 6) is 2.80. The fourth-order valence-electron chi connectivity index (χ4n) is 4.26. The summed E-state index contributed by atoms with van der Waals surface area (Å²) in [5.41, 5.74) is 3.89. The number of carbonyl (C=O) groups excluding carboxylic acids is 1. The second-order valence-corrected chi connectivity index (χ2v) is 9.02. The van der Waals surface area contributed by atoms with Crippen LogP contribution < -0.4 is 24.3 Å². The van der Waals surface area contributed by atoms with Crippen LogP contribution in [0.2, 0.25) is 0 Å². The molecule has 2 heterocycles. The average molecular weight is 466 g/mol. The zero-order valence-corrected chi connectivity index (χ0v) is 20.5. The normalized spacial score (nSPS) is 14.1. The number of furan rings is 1. The first-order valence-electron chi connectivity index (χ1n) is 11.2. The van der Waals surface area contributed by atoms with Gasteiger partial charge in [-0.3, -0.25) is 4.79 Å². The zero-order chi connectivity index (χ0) is 24.5. The molecule has 0 saturated carbocycles. The number of nitrogens with one attached hydrogen (secondary N) is 1. The maximum Gasteiger partial charge on any atom is 0.291 e. The summed E-state index contributed by atoms with van der Waals surface area (Å²) in [6.45, 7) is 7.24. The molecule has 0 fully saturated rings. The van der Waals surface area contributed by atoms with Gasteiger partial charge in [-0.15, -0.1) is 0 Å². The van der Waals surface area contributed by atoms with E-state index in [4.69, 9.17) is 23.4 Å². The van der Waals surface area contributed by atoms with E-state index in [0.29, 0.717) is 41.7 Å². The lowest BCUT2D eigenvalue weighted by molar-refractivity contribution is 0.0994. The van der Waals surface area contributed by atoms with E-state index in [1.807, 2.05) is 6.07 Å². The Balaban J connectivity index is 1.58. The summed E-state index contributed by atoms with van der Waals surface area (Å²) >= 11 is 0. The van der Waals surface area contributed by atoms with Crippen LogP contribution in [0.5, 0.6) is 23.0 Å². The fourth-order valence-corrected chi connectivity index (χ4v) is 4.26. The molecule has 180 valence electrons. The van der Waals surface area contributed by atoms with Gasteiger partial charge in [0.2, 0.25) is 0 Å². The van der Waals surface area contributed by atoms with E-state index < -0.39 is 5.91 Å². The highest BCUT2D eigenvalue weighted by atomic mass is 16.5. The average Bonchev–Trinajstić information content (AvgIpc) is 3.29. The lowest BCUT2D eigenvalue weighted by Crippen LogP contribution is -2.27. The third-order valence-corrected chi connectivity index (χ3v) is 6.39. The molecule has 0 spiro atoms. The largest absolute Gasteiger partial charge is 0.496 e. The summed E-state index contributed by atoms with van der Waals surface area (Å²) in [5, 5.41) is 2.83. The van der Waals surface area contributed by atoms with Crippen molar-refractivity contribution in [3.05, 3.63) is 64.6 Å². The minimum atomic E-state index is -0.405. The standard InChI is InChI=1S/C27H31NO6/c1-16-7-9-20-25(33-12-11-27(20,2)3)19(16)13-17-8-10-21(34-17)26(29)28-24-22(31-5)14-18(30-4)15-23(24)32-6/h7-10,14-15H,11-13H2,1-6H3,(H,28,29). The first kappa shape index (κ1) is 23.5. The highest BCUT2D eigenvalue weighted by Gasteiger charge is 2.31. The summed E-state index contributed by atoms with van der Waals surface area (Å²) in [4.78, 5) is 13.0. The van der Waals surface area contributed by atoms with Crippen LogP contribution in [0.1, 0.15) is 53.3 Å². The summed E-state index contributed by atoms with van der Waals surface area (Å²) in [6, 6.07) is 11.1. The number of fused-ring (bicyclic) bond motifs is 1. The van der Waals surface area contributed by atoms with Gasteiger partial charge >= 0.3 is 0 Å². The van der Waals surface area contributed by atoms with Crippen LogP contribution >= 0.6 is 0 Å². The lowest BCUT2D eigenvalue weighted by Gasteiger charge is -2.34. The third kappa shape index (κ3) is 4.42. The van der Waals surface area contributed by atoms with E-state index in [9.17, 15) is 4.79 Å². The Morgan fingerprint density at radius 3 is 2.38 bits per heavy atom. The molecular weight excluding hydrogens is 434 g/mol. The van der Waals surface area contributed by atoms with Gasteiger partial charge in [0.05, 0.1) is 27.9 Å². The van der Waals surface area contributed by atoms with Gasteiger partial charge in [-0.25, -0.2) is 0 Å². The quantitative estimate of drug-likeness (QED) is 0.495. The molecule has 4 rings (SSSR count). The van der Waals surface area contributed by atoms with E-state index in [1.165, 1.54) is 19.8 Å². The number of rotatable bonds is 7. The maximum atomic E-state index is 13.0. The molecule has 0 bridgehead atoms. The maximum absolute atomic E-state index is 13.0. The minimum Gasteiger partial charge on any atom is -0.496 e. The molecule has 34 heavy (non-hydrogen) atoms. The molecule has 0 saturated heterocycles. The number of hydrogen-bond donors (Lipinski definition) is 1. The van der Waals surface area contributed by atoms with Crippen LogP contribution in [0.25, 0.3) is 0 Å². The van der Waals surface area contributed by atoms with Gasteiger partial charge in [0, 0.05) is 29.7 Å². The number of methoxy groups -OCH3 is 3. The first-order chi connectivity index (χ1) is 16.3. The first-order valence-corrected chi connectivity index (χ1v) is 11.2. The predicted octanol–water partition coefficient (Wildman–Crippen LogP) is 5.52. The van der Waals surface area contributed by atoms with E-state index >= 15 is 0 Å². The number of aryl methyl sites for hydroxylation is 1. The van der Waals surface area contributed by atoms with Crippen LogP contribution in [-0.4, -0.2) is 33.8 Å². The Kier molecular flexibility index (Phi) is 6.46. The van der Waals surface area contributed by atoms with Crippen LogP contribution in [0.4, 0.5) is 5.69 Å². The Hall–Kier alpha value is -3.61. The van der Waals surface area contributed by atoms with Gasteiger partial charge in [0.15, 0.2) is 5.76 Å². The Morgan fingerprint density at radius 1 is 1.03 bits per heavy atom. The number of ether oxygens (including phenoxy) is 4. The van der Waals surface area contributed by atoms with Crippen molar-refractivity contribution in [1.29, 1.82) is 0 Å². The highest BCUT2D eigenvalue weighted by molar-refractivity contribution is 6.04. The number of anilines is 1. The molecule has 0 radical (unpaired) electrons. The molecule has 7 heteroatoms. The molecule has 2 aromatic carbocycles. The lowest BCUT2D eigenvalue weighted by atomic mass is 9.78. The number of hydrogen-bond acceptors (Lipinski definition) is 6. The van der Waals surface area contributed by atoms with Gasteiger partial charge in [-0.2, -0.15) is 0 Å². The molecule has 1 aliphatic rings. The highest BCUT2D eigenvalue weighted by Crippen LogP contribution is 2.42. The van der Waals surface area contributed by atoms with Gasteiger partial charge in [0.1, 0.15) is 34.4 Å². The van der Waals surface area contributed by atoms with E-state index in [2.05, 4.69) is 38.2 Å². The predicted molar refractivity (Wildman–Crippen MR) is 130 cm³/mol. The monoisotopic (exact) mass is 465 g/mol. The molecule has 0 aliphatic carbocycles. The topological polar surface area (TPSA) is 79.2 Å². The molecule has 3 aromatic rings. The molecule has 0 atom stereocenters. The van der Waals surface area contributed by atoms with Crippen molar-refractivity contribution >= 4 is 11.6 Å². The van der Waals surface area contributed by atoms with E-state index in [1.54, 1.807) is 25.3 Å². The van der Waals surface area contributed by atoms with Crippen LogP contribution in [0, 0.1) is 6.92 Å². The Morgan fingerprint density at radius 2 is 1.74 bits per heavy atom. The van der Waals surface area contributed by atoms with Crippen molar-refractivity contribution < 1.29 is 28.2 Å². The van der Waals surface area contributed by atoms with Gasteiger partial charge < -0.3 is 28.7 Å². The fraction of sp³-hybridized carbons (Fsp3) is 0.370. The van der Waals surface area contributed by atoms with Crippen LogP contribution in [0.15, 0.2) is 40.8 Å². The van der Waals surface area contributed by atoms with Crippen molar-refractivity contribution in [3.8, 4) is 23.0 Å². The number of amides is 1. The summed E-state index contributed by atoms with van der Waals surface area (Å²) in [7, 11) is 4.58. The second kappa shape index (κ2) is 9.33. The summed E-state index contributed by atoms with van der Waals surface area (Å²) < 4.78 is 28.1. The van der Waals surface area contributed by atoms with Crippen molar-refractivity contribution in [3.63, 3.8) is 0 Å². The minimum absolute atomic E-state index is 0.0563.